The van der Waals surface area contributed by atoms with Crippen LogP contribution in [0.3, 0.4) is 0 Å². The summed E-state index contributed by atoms with van der Waals surface area (Å²) in [6.07, 6.45) is 1.79. The molecule has 1 rings (SSSR count). The van der Waals surface area contributed by atoms with Crippen LogP contribution in [0, 0.1) is 0 Å². The first-order valence-electron chi connectivity index (χ1n) is 7.82. The van der Waals surface area contributed by atoms with Gasteiger partial charge in [0.1, 0.15) is 6.04 Å². The van der Waals surface area contributed by atoms with E-state index in [4.69, 9.17) is 4.74 Å². The minimum atomic E-state index is -0.229. The molecule has 0 aliphatic rings. The topological polar surface area (TPSA) is 41.6 Å². The van der Waals surface area contributed by atoms with Crippen LogP contribution < -0.4 is 10.2 Å². The molecule has 0 amide bonds. The Balaban J connectivity index is 2.55. The quantitative estimate of drug-likeness (QED) is 0.710. The van der Waals surface area contributed by atoms with Gasteiger partial charge in [-0.25, -0.2) is 0 Å². The molecule has 0 bridgehead atoms. The molecule has 1 N–H and O–H groups in total. The molecule has 0 radical (unpaired) electrons. The summed E-state index contributed by atoms with van der Waals surface area (Å²) in [6.45, 7) is 7.98. The average Bonchev–Trinajstić information content (AvgIpc) is 2.51. The monoisotopic (exact) mass is 292 g/mol. The Morgan fingerprint density at radius 1 is 1.24 bits per heavy atom. The fraction of sp³-hybridized carbons (Fsp3) is 0.588. The average molecular weight is 292 g/mol. The molecule has 1 unspecified atom stereocenters. The van der Waals surface area contributed by atoms with Crippen molar-refractivity contribution in [3.63, 3.8) is 0 Å². The number of rotatable bonds is 9. The number of esters is 1. The van der Waals surface area contributed by atoms with Crippen LogP contribution in [0.25, 0.3) is 0 Å². The molecule has 0 saturated carbocycles. The van der Waals surface area contributed by atoms with Gasteiger partial charge < -0.3 is 15.0 Å². The molecule has 1 aromatic carbocycles. The molecule has 0 saturated heterocycles. The van der Waals surface area contributed by atoms with Crippen LogP contribution in [0.5, 0.6) is 0 Å². The first-order chi connectivity index (χ1) is 10.1. The maximum atomic E-state index is 11.9. The first-order valence-corrected chi connectivity index (χ1v) is 7.82. The molecule has 1 aromatic rings. The lowest BCUT2D eigenvalue weighted by atomic mass is 10.1. The van der Waals surface area contributed by atoms with Gasteiger partial charge in [0.2, 0.25) is 0 Å². The van der Waals surface area contributed by atoms with Crippen molar-refractivity contribution in [1.29, 1.82) is 0 Å². The minimum Gasteiger partial charge on any atom is -0.465 e. The summed E-state index contributed by atoms with van der Waals surface area (Å²) in [5.41, 5.74) is 2.51. The highest BCUT2D eigenvalue weighted by molar-refractivity contribution is 5.75. The smallest absolute Gasteiger partial charge is 0.323 e. The van der Waals surface area contributed by atoms with E-state index in [1.54, 1.807) is 0 Å². The van der Waals surface area contributed by atoms with E-state index in [0.29, 0.717) is 6.61 Å². The maximum absolute atomic E-state index is 11.9. The highest BCUT2D eigenvalue weighted by atomic mass is 16.5. The third-order valence-corrected chi connectivity index (χ3v) is 3.56. The van der Waals surface area contributed by atoms with E-state index in [1.165, 1.54) is 11.3 Å². The Morgan fingerprint density at radius 3 is 2.43 bits per heavy atom. The predicted molar refractivity (Wildman–Crippen MR) is 87.8 cm³/mol. The molecule has 4 nitrogen and oxygen atoms in total. The summed E-state index contributed by atoms with van der Waals surface area (Å²) in [5, 5.41) is 3.19. The van der Waals surface area contributed by atoms with Crippen LogP contribution in [-0.4, -0.2) is 38.8 Å². The number of aryl methyl sites for hydroxylation is 1. The van der Waals surface area contributed by atoms with Gasteiger partial charge in [-0.2, -0.15) is 0 Å². The zero-order valence-corrected chi connectivity index (χ0v) is 13.7. The number of benzene rings is 1. The third-order valence-electron chi connectivity index (χ3n) is 3.56. The molecule has 0 aliphatic carbocycles. The zero-order valence-electron chi connectivity index (χ0n) is 13.7. The molecular formula is C17H28N2O2. The van der Waals surface area contributed by atoms with Gasteiger partial charge in [-0.05, 0) is 44.0 Å². The Morgan fingerprint density at radius 2 is 1.90 bits per heavy atom. The van der Waals surface area contributed by atoms with E-state index in [9.17, 15) is 4.79 Å². The molecule has 0 spiro atoms. The standard InChI is InChI=1S/C17H28N2O2/c1-5-14-8-10-15(11-9-14)19(4)13-12-16(18-6-2)17(20)21-7-3/h8-11,16,18H,5-7,12-13H2,1-4H3. The van der Waals surface area contributed by atoms with Gasteiger partial charge in [0.15, 0.2) is 0 Å². The van der Waals surface area contributed by atoms with E-state index in [1.807, 2.05) is 13.8 Å². The summed E-state index contributed by atoms with van der Waals surface area (Å²) >= 11 is 0. The molecule has 0 aromatic heterocycles. The van der Waals surface area contributed by atoms with E-state index < -0.39 is 0 Å². The van der Waals surface area contributed by atoms with Gasteiger partial charge in [-0.3, -0.25) is 4.79 Å². The van der Waals surface area contributed by atoms with Crippen molar-refractivity contribution in [3.8, 4) is 0 Å². The highest BCUT2D eigenvalue weighted by Gasteiger charge is 2.18. The molecule has 0 heterocycles. The largest absolute Gasteiger partial charge is 0.465 e. The maximum Gasteiger partial charge on any atom is 0.323 e. The van der Waals surface area contributed by atoms with Crippen molar-refractivity contribution >= 4 is 11.7 Å². The third kappa shape index (κ3) is 5.76. The number of anilines is 1. The van der Waals surface area contributed by atoms with Crippen molar-refractivity contribution in [2.45, 2.75) is 39.7 Å². The molecule has 0 aliphatic heterocycles. The van der Waals surface area contributed by atoms with E-state index in [2.05, 4.69) is 48.5 Å². The zero-order chi connectivity index (χ0) is 15.7. The second kappa shape index (κ2) is 9.40. The molecule has 21 heavy (non-hydrogen) atoms. The predicted octanol–water partition coefficient (Wildman–Crippen LogP) is 2.62. The molecule has 118 valence electrons. The molecule has 4 heteroatoms. The van der Waals surface area contributed by atoms with Crippen LogP contribution in [0.2, 0.25) is 0 Å². The number of nitrogens with zero attached hydrogens (tertiary/aromatic N) is 1. The first kappa shape index (κ1) is 17.5. The second-order valence-electron chi connectivity index (χ2n) is 5.09. The number of nitrogens with one attached hydrogen (secondary N) is 1. The fourth-order valence-corrected chi connectivity index (χ4v) is 2.23. The van der Waals surface area contributed by atoms with Crippen LogP contribution >= 0.6 is 0 Å². The number of carbonyl (C=O) groups excluding carboxylic acids is 1. The van der Waals surface area contributed by atoms with Crippen LogP contribution in [0.1, 0.15) is 32.8 Å². The molecular weight excluding hydrogens is 264 g/mol. The molecule has 0 fully saturated rings. The summed E-state index contributed by atoms with van der Waals surface area (Å²) in [5.74, 6) is -0.158. The van der Waals surface area contributed by atoms with Crippen molar-refractivity contribution < 1.29 is 9.53 Å². The number of ether oxygens (including phenoxy) is 1. The van der Waals surface area contributed by atoms with Gasteiger partial charge >= 0.3 is 5.97 Å². The lowest BCUT2D eigenvalue weighted by Crippen LogP contribution is -2.40. The van der Waals surface area contributed by atoms with Crippen molar-refractivity contribution in [2.75, 3.05) is 31.6 Å². The number of carbonyl (C=O) groups is 1. The van der Waals surface area contributed by atoms with E-state index >= 15 is 0 Å². The summed E-state index contributed by atoms with van der Waals surface area (Å²) in [7, 11) is 2.05. The normalized spacial score (nSPS) is 12.0. The number of hydrogen-bond acceptors (Lipinski definition) is 4. The van der Waals surface area contributed by atoms with Gasteiger partial charge in [-0.15, -0.1) is 0 Å². The minimum absolute atomic E-state index is 0.158. The van der Waals surface area contributed by atoms with Crippen LogP contribution in [0.15, 0.2) is 24.3 Å². The summed E-state index contributed by atoms with van der Waals surface area (Å²) in [6, 6.07) is 8.33. The Kier molecular flexibility index (Phi) is 7.83. The Hall–Kier alpha value is -1.55. The van der Waals surface area contributed by atoms with Gasteiger partial charge in [0, 0.05) is 19.3 Å². The summed E-state index contributed by atoms with van der Waals surface area (Å²) < 4.78 is 5.10. The SMILES string of the molecule is CCNC(CCN(C)c1ccc(CC)cc1)C(=O)OCC. The molecule has 1 atom stereocenters. The Bertz CT molecular complexity index is 417. The number of hydrogen-bond donors (Lipinski definition) is 1. The lowest BCUT2D eigenvalue weighted by molar-refractivity contribution is -0.145. The fourth-order valence-electron chi connectivity index (χ4n) is 2.23. The van der Waals surface area contributed by atoms with E-state index in [-0.39, 0.29) is 12.0 Å². The van der Waals surface area contributed by atoms with Crippen molar-refractivity contribution in [3.05, 3.63) is 29.8 Å². The second-order valence-corrected chi connectivity index (χ2v) is 5.09. The van der Waals surface area contributed by atoms with Crippen LogP contribution in [0.4, 0.5) is 5.69 Å². The van der Waals surface area contributed by atoms with Gasteiger partial charge in [-0.1, -0.05) is 26.0 Å². The van der Waals surface area contributed by atoms with Gasteiger partial charge in [0.25, 0.3) is 0 Å². The Labute approximate surface area is 128 Å². The van der Waals surface area contributed by atoms with Crippen molar-refractivity contribution in [1.82, 2.24) is 5.32 Å². The summed E-state index contributed by atoms with van der Waals surface area (Å²) in [4.78, 5) is 14.0. The lowest BCUT2D eigenvalue weighted by Gasteiger charge is -2.23. The highest BCUT2D eigenvalue weighted by Crippen LogP contribution is 2.15. The van der Waals surface area contributed by atoms with Gasteiger partial charge in [0.05, 0.1) is 6.61 Å². The van der Waals surface area contributed by atoms with E-state index in [0.717, 1.165) is 25.9 Å². The van der Waals surface area contributed by atoms with Crippen molar-refractivity contribution in [2.24, 2.45) is 0 Å². The van der Waals surface area contributed by atoms with Crippen LogP contribution in [-0.2, 0) is 16.0 Å². The number of likely N-dealkylation sites (N-methyl/N-ethyl adjacent to an activating group) is 1.